The predicted octanol–water partition coefficient (Wildman–Crippen LogP) is 3.90. The molecule has 1 aromatic heterocycles. The number of benzene rings is 1. The Morgan fingerprint density at radius 2 is 1.68 bits per heavy atom. The van der Waals surface area contributed by atoms with E-state index in [2.05, 4.69) is 15.1 Å². The Balaban J connectivity index is 1.92. The summed E-state index contributed by atoms with van der Waals surface area (Å²) in [7, 11) is 0. The lowest BCUT2D eigenvalue weighted by Gasteiger charge is -2.15. The fourth-order valence-electron chi connectivity index (χ4n) is 2.50. The Kier molecular flexibility index (Phi) is 3.72. The molecule has 116 valence electrons. The van der Waals surface area contributed by atoms with Crippen molar-refractivity contribution in [1.29, 1.82) is 0 Å². The maximum absolute atomic E-state index is 13.4. The normalized spacial score (nSPS) is 15.4. The van der Waals surface area contributed by atoms with Crippen molar-refractivity contribution in [2.24, 2.45) is 0 Å². The van der Waals surface area contributed by atoms with E-state index in [1.807, 2.05) is 0 Å². The van der Waals surface area contributed by atoms with E-state index in [4.69, 9.17) is 0 Å². The van der Waals surface area contributed by atoms with Crippen LogP contribution in [-0.4, -0.2) is 23.3 Å². The van der Waals surface area contributed by atoms with Crippen LogP contribution in [0.25, 0.3) is 11.3 Å². The third kappa shape index (κ3) is 3.03. The lowest BCUT2D eigenvalue weighted by Crippen LogP contribution is -2.19. The van der Waals surface area contributed by atoms with Crippen LogP contribution in [-0.2, 0) is 6.18 Å². The van der Waals surface area contributed by atoms with Crippen molar-refractivity contribution in [3.05, 3.63) is 41.7 Å². The number of anilines is 1. The highest BCUT2D eigenvalue weighted by Crippen LogP contribution is 2.32. The summed E-state index contributed by atoms with van der Waals surface area (Å²) in [5, 5.41) is 7.96. The summed E-state index contributed by atoms with van der Waals surface area (Å²) >= 11 is 0. The van der Waals surface area contributed by atoms with Crippen molar-refractivity contribution in [1.82, 2.24) is 10.2 Å². The molecule has 7 heteroatoms. The fraction of sp³-hybridized carbons (Fsp3) is 0.333. The zero-order chi connectivity index (χ0) is 15.7. The van der Waals surface area contributed by atoms with Crippen molar-refractivity contribution in [2.45, 2.75) is 19.0 Å². The standard InChI is InChI=1S/C15H13F4N3/c16-12-8-10(7-11(9-12)15(17,18)19)13-3-4-14(21-20-13)22-5-1-2-6-22/h3-4,7-9H,1-2,5-6H2. The van der Waals surface area contributed by atoms with Gasteiger partial charge in [-0.2, -0.15) is 13.2 Å². The van der Waals surface area contributed by atoms with Gasteiger partial charge >= 0.3 is 6.18 Å². The largest absolute Gasteiger partial charge is 0.416 e. The first kappa shape index (κ1) is 14.7. The molecule has 22 heavy (non-hydrogen) atoms. The average Bonchev–Trinajstić information content (AvgIpc) is 3.00. The van der Waals surface area contributed by atoms with Gasteiger partial charge in [0.15, 0.2) is 5.82 Å². The summed E-state index contributed by atoms with van der Waals surface area (Å²) in [5.41, 5.74) is -0.756. The number of hydrogen-bond acceptors (Lipinski definition) is 3. The van der Waals surface area contributed by atoms with Gasteiger partial charge in [-0.25, -0.2) is 4.39 Å². The Morgan fingerprint density at radius 3 is 2.27 bits per heavy atom. The van der Waals surface area contributed by atoms with Gasteiger partial charge in [0.25, 0.3) is 0 Å². The fourth-order valence-corrected chi connectivity index (χ4v) is 2.50. The maximum Gasteiger partial charge on any atom is 0.416 e. The summed E-state index contributed by atoms with van der Waals surface area (Å²) in [6.07, 6.45) is -2.43. The van der Waals surface area contributed by atoms with Crippen LogP contribution in [0.2, 0.25) is 0 Å². The summed E-state index contributed by atoms with van der Waals surface area (Å²) in [6, 6.07) is 5.63. The molecule has 0 radical (unpaired) electrons. The minimum absolute atomic E-state index is 0.0628. The van der Waals surface area contributed by atoms with E-state index in [1.165, 1.54) is 0 Å². The summed E-state index contributed by atoms with van der Waals surface area (Å²) in [5.74, 6) is -0.260. The van der Waals surface area contributed by atoms with Gasteiger partial charge in [-0.1, -0.05) is 0 Å². The Hall–Kier alpha value is -2.18. The van der Waals surface area contributed by atoms with Crippen LogP contribution in [0.1, 0.15) is 18.4 Å². The van der Waals surface area contributed by atoms with Crippen molar-refractivity contribution in [3.8, 4) is 11.3 Å². The van der Waals surface area contributed by atoms with Crippen LogP contribution in [0.5, 0.6) is 0 Å². The molecule has 3 nitrogen and oxygen atoms in total. The Bertz CT molecular complexity index is 661. The minimum Gasteiger partial charge on any atom is -0.355 e. The number of hydrogen-bond donors (Lipinski definition) is 0. The van der Waals surface area contributed by atoms with E-state index >= 15 is 0 Å². The molecule has 0 saturated carbocycles. The second-order valence-electron chi connectivity index (χ2n) is 5.20. The van der Waals surface area contributed by atoms with Crippen LogP contribution in [0.3, 0.4) is 0 Å². The third-order valence-electron chi connectivity index (χ3n) is 3.60. The lowest BCUT2D eigenvalue weighted by atomic mass is 10.1. The van der Waals surface area contributed by atoms with E-state index in [-0.39, 0.29) is 11.3 Å². The molecular formula is C15H13F4N3. The van der Waals surface area contributed by atoms with Gasteiger partial charge in [0.05, 0.1) is 11.3 Å². The molecule has 1 aliphatic rings. The molecule has 1 fully saturated rings. The number of halogens is 4. The SMILES string of the molecule is Fc1cc(-c2ccc(N3CCCC3)nn2)cc(C(F)(F)F)c1. The van der Waals surface area contributed by atoms with Gasteiger partial charge in [0, 0.05) is 18.7 Å². The molecular weight excluding hydrogens is 298 g/mol. The highest BCUT2D eigenvalue weighted by Gasteiger charge is 2.31. The molecule has 3 rings (SSSR count). The molecule has 1 saturated heterocycles. The van der Waals surface area contributed by atoms with Crippen LogP contribution in [0, 0.1) is 5.82 Å². The Morgan fingerprint density at radius 1 is 0.955 bits per heavy atom. The molecule has 2 heterocycles. The van der Waals surface area contributed by atoms with Gasteiger partial charge in [-0.05, 0) is 43.2 Å². The van der Waals surface area contributed by atoms with Gasteiger partial charge in [-0.3, -0.25) is 0 Å². The van der Waals surface area contributed by atoms with Crippen LogP contribution in [0.15, 0.2) is 30.3 Å². The van der Waals surface area contributed by atoms with Crippen molar-refractivity contribution in [2.75, 3.05) is 18.0 Å². The first-order chi connectivity index (χ1) is 10.4. The van der Waals surface area contributed by atoms with Crippen molar-refractivity contribution < 1.29 is 17.6 Å². The van der Waals surface area contributed by atoms with E-state index < -0.39 is 17.6 Å². The van der Waals surface area contributed by atoms with E-state index in [1.54, 1.807) is 12.1 Å². The molecule has 2 aromatic rings. The van der Waals surface area contributed by atoms with Gasteiger partial charge in [-0.15, -0.1) is 10.2 Å². The van der Waals surface area contributed by atoms with E-state index in [0.29, 0.717) is 11.9 Å². The van der Waals surface area contributed by atoms with E-state index in [9.17, 15) is 17.6 Å². The van der Waals surface area contributed by atoms with Crippen molar-refractivity contribution >= 4 is 5.82 Å². The maximum atomic E-state index is 13.4. The zero-order valence-corrected chi connectivity index (χ0v) is 11.6. The second kappa shape index (κ2) is 5.55. The predicted molar refractivity (Wildman–Crippen MR) is 73.9 cm³/mol. The zero-order valence-electron chi connectivity index (χ0n) is 11.6. The second-order valence-corrected chi connectivity index (χ2v) is 5.20. The summed E-state index contributed by atoms with van der Waals surface area (Å²) < 4.78 is 51.6. The Labute approximate surface area is 124 Å². The minimum atomic E-state index is -4.60. The highest BCUT2D eigenvalue weighted by atomic mass is 19.4. The molecule has 0 unspecified atom stereocenters. The smallest absolute Gasteiger partial charge is 0.355 e. The van der Waals surface area contributed by atoms with E-state index in [0.717, 1.165) is 38.1 Å². The first-order valence-electron chi connectivity index (χ1n) is 6.90. The number of rotatable bonds is 2. The van der Waals surface area contributed by atoms with Crippen molar-refractivity contribution in [3.63, 3.8) is 0 Å². The molecule has 1 aliphatic heterocycles. The average molecular weight is 311 g/mol. The van der Waals surface area contributed by atoms with Crippen LogP contribution < -0.4 is 4.90 Å². The molecule has 0 N–H and O–H groups in total. The molecule has 0 aliphatic carbocycles. The molecule has 0 amide bonds. The molecule has 0 spiro atoms. The topological polar surface area (TPSA) is 29.0 Å². The lowest BCUT2D eigenvalue weighted by molar-refractivity contribution is -0.137. The monoisotopic (exact) mass is 311 g/mol. The quantitative estimate of drug-likeness (QED) is 0.788. The third-order valence-corrected chi connectivity index (χ3v) is 3.60. The van der Waals surface area contributed by atoms with Crippen LogP contribution in [0.4, 0.5) is 23.4 Å². The highest BCUT2D eigenvalue weighted by molar-refractivity contribution is 5.61. The molecule has 0 atom stereocenters. The van der Waals surface area contributed by atoms with Gasteiger partial charge < -0.3 is 4.90 Å². The number of alkyl halides is 3. The summed E-state index contributed by atoms with van der Waals surface area (Å²) in [6.45, 7) is 1.79. The number of nitrogens with zero attached hydrogens (tertiary/aromatic N) is 3. The first-order valence-corrected chi connectivity index (χ1v) is 6.90. The van der Waals surface area contributed by atoms with Gasteiger partial charge in [0.2, 0.25) is 0 Å². The summed E-state index contributed by atoms with van der Waals surface area (Å²) in [4.78, 5) is 2.06. The number of aromatic nitrogens is 2. The van der Waals surface area contributed by atoms with Crippen LogP contribution >= 0.6 is 0 Å². The molecule has 1 aromatic carbocycles. The molecule has 0 bridgehead atoms. The van der Waals surface area contributed by atoms with Gasteiger partial charge in [0.1, 0.15) is 5.82 Å².